The number of carbonyl (C=O) groups excluding carboxylic acids is 2. The van der Waals surface area contributed by atoms with Gasteiger partial charge in [0.1, 0.15) is 0 Å². The fraction of sp³-hybridized carbons (Fsp3) is 0.391. The predicted molar refractivity (Wildman–Crippen MR) is 113 cm³/mol. The Balaban J connectivity index is 1.49. The van der Waals surface area contributed by atoms with Gasteiger partial charge in [0.2, 0.25) is 0 Å². The van der Waals surface area contributed by atoms with E-state index in [1.165, 1.54) is 31.4 Å². The summed E-state index contributed by atoms with van der Waals surface area (Å²) in [6.45, 7) is 2.23. The lowest BCUT2D eigenvalue weighted by Gasteiger charge is -2.22. The van der Waals surface area contributed by atoms with Gasteiger partial charge in [-0.05, 0) is 54.8 Å². The van der Waals surface area contributed by atoms with Crippen LogP contribution in [0.4, 0.5) is 11.4 Å². The van der Waals surface area contributed by atoms with E-state index in [1.54, 1.807) is 25.3 Å². The molecule has 0 aromatic heterocycles. The van der Waals surface area contributed by atoms with Crippen LogP contribution in [0.2, 0.25) is 0 Å². The largest absolute Gasteiger partial charge is 0.452 e. The lowest BCUT2D eigenvalue weighted by atomic mass is 10.1. The van der Waals surface area contributed by atoms with Gasteiger partial charge >= 0.3 is 5.97 Å². The molecule has 6 heteroatoms. The zero-order valence-corrected chi connectivity index (χ0v) is 16.9. The molecule has 0 spiro atoms. The van der Waals surface area contributed by atoms with Crippen molar-refractivity contribution in [1.29, 1.82) is 0 Å². The summed E-state index contributed by atoms with van der Waals surface area (Å²) in [5.74, 6) is -0.900. The van der Waals surface area contributed by atoms with Gasteiger partial charge in [-0.2, -0.15) is 0 Å². The average Bonchev–Trinajstić information content (AvgIpc) is 3.03. The van der Waals surface area contributed by atoms with Gasteiger partial charge in [0, 0.05) is 31.6 Å². The number of nitrogens with zero attached hydrogens (tertiary/aromatic N) is 1. The highest BCUT2D eigenvalue weighted by Gasteiger charge is 2.12. The molecule has 1 amide bonds. The molecule has 2 aromatic rings. The number of methoxy groups -OCH3 is 1. The van der Waals surface area contributed by atoms with Crippen molar-refractivity contribution in [2.75, 3.05) is 37.0 Å². The molecule has 1 aliphatic heterocycles. The molecule has 0 saturated carbocycles. The van der Waals surface area contributed by atoms with Crippen LogP contribution in [0.1, 0.15) is 41.6 Å². The van der Waals surface area contributed by atoms with Gasteiger partial charge in [0.25, 0.3) is 5.91 Å². The third-order valence-electron chi connectivity index (χ3n) is 4.93. The number of anilines is 2. The SMILES string of the molecule is COCc1cccc(C(=O)OCC(=O)Nc2ccc(N3CCCCCC3)cc2)c1. The van der Waals surface area contributed by atoms with Crippen molar-refractivity contribution in [2.24, 2.45) is 0 Å². The number of hydrogen-bond donors (Lipinski definition) is 1. The number of rotatable bonds is 7. The minimum Gasteiger partial charge on any atom is -0.452 e. The number of esters is 1. The van der Waals surface area contributed by atoms with Crippen molar-refractivity contribution < 1.29 is 19.1 Å². The van der Waals surface area contributed by atoms with E-state index < -0.39 is 5.97 Å². The van der Waals surface area contributed by atoms with Gasteiger partial charge in [0.15, 0.2) is 6.61 Å². The van der Waals surface area contributed by atoms with Crippen LogP contribution in [0, 0.1) is 0 Å². The third kappa shape index (κ3) is 6.32. The van der Waals surface area contributed by atoms with E-state index in [2.05, 4.69) is 10.2 Å². The fourth-order valence-corrected chi connectivity index (χ4v) is 3.45. The fourth-order valence-electron chi connectivity index (χ4n) is 3.45. The van der Waals surface area contributed by atoms with Crippen LogP contribution in [0.15, 0.2) is 48.5 Å². The molecular formula is C23H28N2O4. The molecule has 0 atom stereocenters. The summed E-state index contributed by atoms with van der Waals surface area (Å²) in [4.78, 5) is 26.7. The first-order valence-electron chi connectivity index (χ1n) is 10.1. The highest BCUT2D eigenvalue weighted by atomic mass is 16.5. The molecule has 1 saturated heterocycles. The zero-order valence-electron chi connectivity index (χ0n) is 16.9. The van der Waals surface area contributed by atoms with E-state index in [-0.39, 0.29) is 12.5 Å². The van der Waals surface area contributed by atoms with E-state index in [9.17, 15) is 9.59 Å². The first-order chi connectivity index (χ1) is 14.2. The molecule has 3 rings (SSSR count). The van der Waals surface area contributed by atoms with Crippen molar-refractivity contribution in [3.63, 3.8) is 0 Å². The minimum absolute atomic E-state index is 0.332. The van der Waals surface area contributed by atoms with E-state index in [4.69, 9.17) is 9.47 Å². The highest BCUT2D eigenvalue weighted by molar-refractivity contribution is 5.95. The molecule has 1 heterocycles. The topological polar surface area (TPSA) is 67.9 Å². The van der Waals surface area contributed by atoms with E-state index in [1.807, 2.05) is 30.3 Å². The molecular weight excluding hydrogens is 368 g/mol. The second-order valence-corrected chi connectivity index (χ2v) is 7.21. The molecule has 0 unspecified atom stereocenters. The first kappa shape index (κ1) is 20.9. The second-order valence-electron chi connectivity index (χ2n) is 7.21. The molecule has 1 N–H and O–H groups in total. The average molecular weight is 396 g/mol. The molecule has 1 fully saturated rings. The Hall–Kier alpha value is -2.86. The van der Waals surface area contributed by atoms with Gasteiger partial charge in [-0.15, -0.1) is 0 Å². The number of ether oxygens (including phenoxy) is 2. The Morgan fingerprint density at radius 3 is 2.41 bits per heavy atom. The van der Waals surface area contributed by atoms with Crippen LogP contribution in [-0.2, 0) is 20.9 Å². The lowest BCUT2D eigenvalue weighted by molar-refractivity contribution is -0.119. The van der Waals surface area contributed by atoms with Gasteiger partial charge in [-0.25, -0.2) is 4.79 Å². The summed E-state index contributed by atoms with van der Waals surface area (Å²) in [7, 11) is 1.59. The number of amides is 1. The summed E-state index contributed by atoms with van der Waals surface area (Å²) < 4.78 is 10.2. The summed E-state index contributed by atoms with van der Waals surface area (Å²) in [5, 5.41) is 2.77. The van der Waals surface area contributed by atoms with Crippen molar-refractivity contribution >= 4 is 23.3 Å². The minimum atomic E-state index is -0.533. The zero-order chi connectivity index (χ0) is 20.5. The van der Waals surface area contributed by atoms with Gasteiger partial charge < -0.3 is 19.7 Å². The standard InChI is InChI=1S/C23H28N2O4/c1-28-16-18-7-6-8-19(15-18)23(27)29-17-22(26)24-20-9-11-21(12-10-20)25-13-4-2-3-5-14-25/h6-12,15H,2-5,13-14,16-17H2,1H3,(H,24,26). The highest BCUT2D eigenvalue weighted by Crippen LogP contribution is 2.21. The van der Waals surface area contributed by atoms with Gasteiger partial charge in [0.05, 0.1) is 12.2 Å². The van der Waals surface area contributed by atoms with Gasteiger partial charge in [-0.3, -0.25) is 4.79 Å². The maximum atomic E-state index is 12.2. The van der Waals surface area contributed by atoms with Crippen LogP contribution < -0.4 is 10.2 Å². The molecule has 29 heavy (non-hydrogen) atoms. The van der Waals surface area contributed by atoms with Crippen LogP contribution >= 0.6 is 0 Å². The number of carbonyl (C=O) groups is 2. The van der Waals surface area contributed by atoms with Gasteiger partial charge in [-0.1, -0.05) is 25.0 Å². The van der Waals surface area contributed by atoms with Crippen molar-refractivity contribution in [3.8, 4) is 0 Å². The van der Waals surface area contributed by atoms with Crippen LogP contribution in [0.25, 0.3) is 0 Å². The Morgan fingerprint density at radius 1 is 1.00 bits per heavy atom. The molecule has 1 aliphatic rings. The monoisotopic (exact) mass is 396 g/mol. The van der Waals surface area contributed by atoms with E-state index in [0.29, 0.717) is 17.9 Å². The lowest BCUT2D eigenvalue weighted by Crippen LogP contribution is -2.24. The normalized spacial score (nSPS) is 14.2. The molecule has 154 valence electrons. The van der Waals surface area contributed by atoms with Crippen molar-refractivity contribution in [2.45, 2.75) is 32.3 Å². The third-order valence-corrected chi connectivity index (χ3v) is 4.93. The predicted octanol–water partition coefficient (Wildman–Crippen LogP) is 4.01. The quantitative estimate of drug-likeness (QED) is 0.716. The van der Waals surface area contributed by atoms with Crippen molar-refractivity contribution in [1.82, 2.24) is 0 Å². The Kier molecular flexibility index (Phi) is 7.64. The van der Waals surface area contributed by atoms with E-state index >= 15 is 0 Å². The summed E-state index contributed by atoms with van der Waals surface area (Å²) >= 11 is 0. The van der Waals surface area contributed by atoms with Crippen LogP contribution in [-0.4, -0.2) is 38.7 Å². The number of benzene rings is 2. The smallest absolute Gasteiger partial charge is 0.338 e. The molecule has 0 radical (unpaired) electrons. The maximum Gasteiger partial charge on any atom is 0.338 e. The Labute approximate surface area is 171 Å². The van der Waals surface area contributed by atoms with E-state index in [0.717, 1.165) is 18.7 Å². The Bertz CT molecular complexity index is 812. The number of hydrogen-bond acceptors (Lipinski definition) is 5. The molecule has 6 nitrogen and oxygen atoms in total. The number of nitrogens with one attached hydrogen (secondary N) is 1. The first-order valence-corrected chi connectivity index (χ1v) is 10.1. The molecule has 0 bridgehead atoms. The molecule has 2 aromatic carbocycles. The summed E-state index contributed by atoms with van der Waals surface area (Å²) in [6, 6.07) is 14.8. The van der Waals surface area contributed by atoms with Crippen LogP contribution in [0.5, 0.6) is 0 Å². The summed E-state index contributed by atoms with van der Waals surface area (Å²) in [5.41, 5.74) is 3.13. The van der Waals surface area contributed by atoms with Crippen molar-refractivity contribution in [3.05, 3.63) is 59.7 Å². The second kappa shape index (κ2) is 10.6. The Morgan fingerprint density at radius 2 is 1.72 bits per heavy atom. The van der Waals surface area contributed by atoms with Crippen LogP contribution in [0.3, 0.4) is 0 Å². The summed E-state index contributed by atoms with van der Waals surface area (Å²) in [6.07, 6.45) is 5.02. The maximum absolute atomic E-state index is 12.2. The molecule has 0 aliphatic carbocycles.